The molecule has 3 aromatic rings. The first-order valence-electron chi connectivity index (χ1n) is 10.2. The Balaban J connectivity index is 1.42. The minimum absolute atomic E-state index is 0.193. The lowest BCUT2D eigenvalue weighted by atomic mass is 10.0. The number of nitrogens with one attached hydrogen (secondary N) is 1. The van der Waals surface area contributed by atoms with Crippen LogP contribution in [0.1, 0.15) is 47.1 Å². The molecule has 1 amide bonds. The molecule has 0 saturated carbocycles. The van der Waals surface area contributed by atoms with Crippen molar-refractivity contribution in [1.82, 2.24) is 10.3 Å². The van der Waals surface area contributed by atoms with Crippen molar-refractivity contribution in [3.63, 3.8) is 0 Å². The number of aromatic nitrogens is 1. The van der Waals surface area contributed by atoms with E-state index in [-0.39, 0.29) is 25.3 Å². The lowest BCUT2D eigenvalue weighted by molar-refractivity contribution is -0.124. The summed E-state index contributed by atoms with van der Waals surface area (Å²) in [6.45, 7) is 5.49. The summed E-state index contributed by atoms with van der Waals surface area (Å²) in [6.07, 6.45) is 0.587. The molecule has 1 N–H and O–H groups in total. The fourth-order valence-corrected chi connectivity index (χ4v) is 3.72. The molecule has 1 aromatic heterocycles. The number of rotatable bonds is 6. The van der Waals surface area contributed by atoms with E-state index in [1.54, 1.807) is 0 Å². The Labute approximate surface area is 180 Å². The third-order valence-corrected chi connectivity index (χ3v) is 5.37. The fraction of sp³-hybridized carbons (Fsp3) is 0.292. The van der Waals surface area contributed by atoms with Crippen molar-refractivity contribution in [3.05, 3.63) is 64.8 Å². The Hall–Kier alpha value is -3.61. The van der Waals surface area contributed by atoms with Crippen molar-refractivity contribution in [2.75, 3.05) is 13.4 Å². The summed E-state index contributed by atoms with van der Waals surface area (Å²) in [5, 5.41) is 3.73. The maximum absolute atomic E-state index is 12.8. The second-order valence-corrected chi connectivity index (χ2v) is 7.41. The number of ether oxygens (including phenoxy) is 3. The Bertz CT molecular complexity index is 1160. The first-order valence-corrected chi connectivity index (χ1v) is 10.2. The summed E-state index contributed by atoms with van der Waals surface area (Å²) in [6, 6.07) is 12.9. The van der Waals surface area contributed by atoms with Gasteiger partial charge in [-0.3, -0.25) is 9.78 Å². The van der Waals surface area contributed by atoms with Crippen LogP contribution in [0.2, 0.25) is 0 Å². The predicted molar refractivity (Wildman–Crippen MR) is 115 cm³/mol. The van der Waals surface area contributed by atoms with Gasteiger partial charge in [0.05, 0.1) is 22.8 Å². The molecule has 1 aliphatic heterocycles. The van der Waals surface area contributed by atoms with Crippen molar-refractivity contribution < 1.29 is 23.8 Å². The molecular formula is C24H24N2O5. The maximum atomic E-state index is 12.8. The number of benzene rings is 2. The first kappa shape index (κ1) is 20.7. The average molecular weight is 420 g/mol. The third kappa shape index (κ3) is 4.17. The summed E-state index contributed by atoms with van der Waals surface area (Å²) in [7, 11) is 0. The van der Waals surface area contributed by atoms with Gasteiger partial charge in [-0.15, -0.1) is 0 Å². The third-order valence-electron chi connectivity index (χ3n) is 5.37. The summed E-state index contributed by atoms with van der Waals surface area (Å²) in [5.41, 5.74) is 3.60. The molecule has 0 saturated heterocycles. The van der Waals surface area contributed by atoms with Crippen LogP contribution in [0.15, 0.2) is 42.5 Å². The van der Waals surface area contributed by atoms with Gasteiger partial charge in [0.25, 0.3) is 5.91 Å². The number of pyridine rings is 1. The van der Waals surface area contributed by atoms with Gasteiger partial charge in [-0.1, -0.05) is 31.2 Å². The molecule has 0 bridgehead atoms. The average Bonchev–Trinajstić information content (AvgIpc) is 3.25. The number of aryl methyl sites for hydroxylation is 2. The highest BCUT2D eigenvalue weighted by Gasteiger charge is 2.21. The summed E-state index contributed by atoms with van der Waals surface area (Å²) in [4.78, 5) is 29.8. The van der Waals surface area contributed by atoms with Crippen LogP contribution < -0.4 is 14.8 Å². The minimum Gasteiger partial charge on any atom is -0.454 e. The molecule has 7 nitrogen and oxygen atoms in total. The second kappa shape index (κ2) is 8.63. The van der Waals surface area contributed by atoms with Crippen molar-refractivity contribution in [2.45, 2.75) is 33.2 Å². The number of hydrogen-bond donors (Lipinski definition) is 1. The fourth-order valence-electron chi connectivity index (χ4n) is 3.72. The Morgan fingerprint density at radius 3 is 2.74 bits per heavy atom. The van der Waals surface area contributed by atoms with E-state index in [0.717, 1.165) is 22.0 Å². The number of carbonyl (C=O) groups is 2. The van der Waals surface area contributed by atoms with E-state index in [1.165, 1.54) is 0 Å². The molecule has 2 aromatic carbocycles. The summed E-state index contributed by atoms with van der Waals surface area (Å²) >= 11 is 0. The molecule has 7 heteroatoms. The van der Waals surface area contributed by atoms with Crippen LogP contribution in [0.25, 0.3) is 10.9 Å². The largest absolute Gasteiger partial charge is 0.454 e. The van der Waals surface area contributed by atoms with Crippen LogP contribution >= 0.6 is 0 Å². The van der Waals surface area contributed by atoms with Gasteiger partial charge in [0.2, 0.25) is 6.79 Å². The zero-order valence-electron chi connectivity index (χ0n) is 17.7. The molecule has 31 heavy (non-hydrogen) atoms. The molecule has 2 heterocycles. The van der Waals surface area contributed by atoms with Crippen LogP contribution in [0.4, 0.5) is 0 Å². The van der Waals surface area contributed by atoms with Crippen LogP contribution in [0.5, 0.6) is 11.5 Å². The van der Waals surface area contributed by atoms with Crippen molar-refractivity contribution in [3.8, 4) is 11.5 Å². The Morgan fingerprint density at radius 2 is 1.94 bits per heavy atom. The van der Waals surface area contributed by atoms with Gasteiger partial charge in [-0.25, -0.2) is 4.79 Å². The van der Waals surface area contributed by atoms with Crippen molar-refractivity contribution >= 4 is 22.8 Å². The monoisotopic (exact) mass is 420 g/mol. The van der Waals surface area contributed by atoms with Gasteiger partial charge >= 0.3 is 5.97 Å². The molecule has 4 rings (SSSR count). The Kier molecular flexibility index (Phi) is 5.75. The Morgan fingerprint density at radius 1 is 1.16 bits per heavy atom. The lowest BCUT2D eigenvalue weighted by Gasteiger charge is -2.16. The van der Waals surface area contributed by atoms with Crippen LogP contribution in [-0.4, -0.2) is 30.3 Å². The van der Waals surface area contributed by atoms with E-state index in [1.807, 2.05) is 63.2 Å². The van der Waals surface area contributed by atoms with E-state index in [9.17, 15) is 9.59 Å². The number of esters is 1. The minimum atomic E-state index is -0.543. The molecule has 160 valence electrons. The molecule has 1 aliphatic rings. The molecule has 0 fully saturated rings. The predicted octanol–water partition coefficient (Wildman–Crippen LogP) is 3.87. The normalized spacial score (nSPS) is 13.1. The molecule has 0 aliphatic carbocycles. The van der Waals surface area contributed by atoms with Crippen molar-refractivity contribution in [1.29, 1.82) is 0 Å². The number of amides is 1. The summed E-state index contributed by atoms with van der Waals surface area (Å²) in [5.74, 6) is 0.403. The molecule has 1 atom stereocenters. The van der Waals surface area contributed by atoms with Gasteiger partial charge < -0.3 is 19.5 Å². The molecule has 0 unspecified atom stereocenters. The van der Waals surface area contributed by atoms with Crippen LogP contribution in [0.3, 0.4) is 0 Å². The van der Waals surface area contributed by atoms with Gasteiger partial charge in [0.1, 0.15) is 0 Å². The highest BCUT2D eigenvalue weighted by molar-refractivity contribution is 5.99. The molecular weight excluding hydrogens is 396 g/mol. The molecule has 0 radical (unpaired) electrons. The van der Waals surface area contributed by atoms with E-state index >= 15 is 0 Å². The van der Waals surface area contributed by atoms with E-state index < -0.39 is 5.97 Å². The smallest absolute Gasteiger partial charge is 0.340 e. The number of carbonyl (C=O) groups excluding carboxylic acids is 2. The van der Waals surface area contributed by atoms with E-state index in [4.69, 9.17) is 14.2 Å². The first-order chi connectivity index (χ1) is 15.0. The zero-order valence-corrected chi connectivity index (χ0v) is 17.7. The standard InChI is InChI=1S/C24H24N2O5/c1-4-18-23(14(2)17-7-5-6-8-19(17)26-18)24(28)29-12-22(27)25-15(3)16-9-10-20-21(11-16)31-13-30-20/h5-11,15H,4,12-13H2,1-3H3,(H,25,27)/t15-/m0/s1. The van der Waals surface area contributed by atoms with Crippen LogP contribution in [0, 0.1) is 6.92 Å². The van der Waals surface area contributed by atoms with Gasteiger partial charge in [-0.2, -0.15) is 0 Å². The topological polar surface area (TPSA) is 86.8 Å². The highest BCUT2D eigenvalue weighted by atomic mass is 16.7. The van der Waals surface area contributed by atoms with Crippen LogP contribution in [-0.2, 0) is 16.0 Å². The quantitative estimate of drug-likeness (QED) is 0.609. The lowest BCUT2D eigenvalue weighted by Crippen LogP contribution is -2.31. The van der Waals surface area contributed by atoms with E-state index in [0.29, 0.717) is 29.2 Å². The maximum Gasteiger partial charge on any atom is 0.340 e. The van der Waals surface area contributed by atoms with Gasteiger partial charge in [0, 0.05) is 5.39 Å². The van der Waals surface area contributed by atoms with E-state index in [2.05, 4.69) is 10.3 Å². The summed E-state index contributed by atoms with van der Waals surface area (Å²) < 4.78 is 16.0. The highest BCUT2D eigenvalue weighted by Crippen LogP contribution is 2.34. The number of para-hydroxylation sites is 1. The van der Waals surface area contributed by atoms with Gasteiger partial charge in [-0.05, 0) is 49.6 Å². The number of nitrogens with zero attached hydrogens (tertiary/aromatic N) is 1. The molecule has 0 spiro atoms. The SMILES string of the molecule is CCc1nc2ccccc2c(C)c1C(=O)OCC(=O)N[C@@H](C)c1ccc2c(c1)OCO2. The van der Waals surface area contributed by atoms with Crippen molar-refractivity contribution in [2.24, 2.45) is 0 Å². The number of fused-ring (bicyclic) bond motifs is 2. The second-order valence-electron chi connectivity index (χ2n) is 7.41. The zero-order chi connectivity index (χ0) is 22.0. The number of hydrogen-bond acceptors (Lipinski definition) is 6. The van der Waals surface area contributed by atoms with Gasteiger partial charge in [0.15, 0.2) is 18.1 Å².